The predicted octanol–water partition coefficient (Wildman–Crippen LogP) is 1.53. The zero-order valence-corrected chi connectivity index (χ0v) is 9.78. The molecule has 0 radical (unpaired) electrons. The summed E-state index contributed by atoms with van der Waals surface area (Å²) in [4.78, 5) is 6.57. The number of nitrogens with zero attached hydrogens (tertiary/aromatic N) is 2. The van der Waals surface area contributed by atoms with Crippen molar-refractivity contribution in [1.82, 2.24) is 4.90 Å². The Bertz CT molecular complexity index is 278. The normalized spacial score (nSPS) is 31.5. The molecular weight excluding hydrogens is 212 g/mol. The van der Waals surface area contributed by atoms with Crippen LogP contribution in [0.2, 0.25) is 0 Å². The van der Waals surface area contributed by atoms with Gasteiger partial charge in [0.15, 0.2) is 0 Å². The lowest BCUT2D eigenvalue weighted by Gasteiger charge is -2.20. The third-order valence-electron chi connectivity index (χ3n) is 2.81. The standard InChI is InChI=1S/C11H17ClN2O/c1-14-7-9-6-13-5-3-11(9)15-10(8-14)2-4-12/h3,6,9-10H,2,4-5,7-8H2,1H3. The van der Waals surface area contributed by atoms with Crippen LogP contribution in [0.1, 0.15) is 6.42 Å². The first kappa shape index (κ1) is 11.0. The third-order valence-corrected chi connectivity index (χ3v) is 3.02. The number of aliphatic imine (C=N–C) groups is 1. The fraction of sp³-hybridized carbons (Fsp3) is 0.727. The molecule has 1 fully saturated rings. The minimum atomic E-state index is 0.232. The molecule has 84 valence electrons. The van der Waals surface area contributed by atoms with Crippen molar-refractivity contribution in [2.75, 3.05) is 32.6 Å². The van der Waals surface area contributed by atoms with Crippen molar-refractivity contribution in [3.05, 3.63) is 11.8 Å². The average Bonchev–Trinajstić information content (AvgIpc) is 2.35. The molecule has 4 heteroatoms. The predicted molar refractivity (Wildman–Crippen MR) is 62.6 cm³/mol. The number of ether oxygens (including phenoxy) is 1. The highest BCUT2D eigenvalue weighted by molar-refractivity contribution is 6.17. The van der Waals surface area contributed by atoms with Gasteiger partial charge in [0, 0.05) is 25.2 Å². The van der Waals surface area contributed by atoms with Gasteiger partial charge in [-0.1, -0.05) is 0 Å². The second-order valence-corrected chi connectivity index (χ2v) is 4.54. The highest BCUT2D eigenvalue weighted by atomic mass is 35.5. The van der Waals surface area contributed by atoms with Gasteiger partial charge in [-0.2, -0.15) is 0 Å². The lowest BCUT2D eigenvalue weighted by atomic mass is 10.1. The van der Waals surface area contributed by atoms with E-state index in [-0.39, 0.29) is 6.10 Å². The lowest BCUT2D eigenvalue weighted by Crippen LogP contribution is -2.30. The molecular formula is C11H17ClN2O. The number of hydrogen-bond donors (Lipinski definition) is 0. The van der Waals surface area contributed by atoms with Crippen LogP contribution in [-0.4, -0.2) is 49.8 Å². The SMILES string of the molecule is CN1CC(CCCl)OC2=CCN=CC2C1. The van der Waals surface area contributed by atoms with Gasteiger partial charge in [-0.15, -0.1) is 11.6 Å². The van der Waals surface area contributed by atoms with Crippen LogP contribution in [0.3, 0.4) is 0 Å². The van der Waals surface area contributed by atoms with Gasteiger partial charge in [0.1, 0.15) is 11.9 Å². The molecule has 2 aliphatic heterocycles. The van der Waals surface area contributed by atoms with Crippen LogP contribution in [-0.2, 0) is 4.74 Å². The van der Waals surface area contributed by atoms with Crippen LogP contribution in [0.5, 0.6) is 0 Å². The zero-order valence-electron chi connectivity index (χ0n) is 9.03. The van der Waals surface area contributed by atoms with E-state index in [0.29, 0.717) is 11.8 Å². The highest BCUT2D eigenvalue weighted by Crippen LogP contribution is 2.22. The minimum Gasteiger partial charge on any atom is -0.493 e. The number of dihydropyridines is 1. The summed E-state index contributed by atoms with van der Waals surface area (Å²) in [6.07, 6.45) is 5.24. The van der Waals surface area contributed by atoms with Gasteiger partial charge in [0.25, 0.3) is 0 Å². The summed E-state index contributed by atoms with van der Waals surface area (Å²) in [5.74, 6) is 2.08. The molecule has 0 bridgehead atoms. The fourth-order valence-electron chi connectivity index (χ4n) is 2.09. The van der Waals surface area contributed by atoms with Crippen molar-refractivity contribution in [2.45, 2.75) is 12.5 Å². The molecule has 0 N–H and O–H groups in total. The van der Waals surface area contributed by atoms with Gasteiger partial charge in [0.2, 0.25) is 0 Å². The first-order chi connectivity index (χ1) is 7.29. The molecule has 0 amide bonds. The molecule has 2 unspecified atom stereocenters. The molecule has 0 aromatic rings. The molecule has 2 aliphatic rings. The molecule has 0 saturated carbocycles. The summed E-state index contributed by atoms with van der Waals surface area (Å²) in [6, 6.07) is 0. The Morgan fingerprint density at radius 1 is 1.60 bits per heavy atom. The van der Waals surface area contributed by atoms with Crippen molar-refractivity contribution in [3.63, 3.8) is 0 Å². The number of rotatable bonds is 2. The maximum Gasteiger partial charge on any atom is 0.112 e. The highest BCUT2D eigenvalue weighted by Gasteiger charge is 2.26. The third kappa shape index (κ3) is 2.73. The average molecular weight is 229 g/mol. The van der Waals surface area contributed by atoms with Gasteiger partial charge in [-0.3, -0.25) is 4.99 Å². The van der Waals surface area contributed by atoms with Crippen LogP contribution < -0.4 is 0 Å². The summed E-state index contributed by atoms with van der Waals surface area (Å²) >= 11 is 5.77. The smallest absolute Gasteiger partial charge is 0.112 e. The number of hydrogen-bond acceptors (Lipinski definition) is 3. The Balaban J connectivity index is 2.07. The molecule has 0 aliphatic carbocycles. The van der Waals surface area contributed by atoms with E-state index in [1.807, 2.05) is 6.21 Å². The summed E-state index contributed by atoms with van der Waals surface area (Å²) < 4.78 is 5.97. The quantitative estimate of drug-likeness (QED) is 0.670. The van der Waals surface area contributed by atoms with Gasteiger partial charge < -0.3 is 9.64 Å². The lowest BCUT2D eigenvalue weighted by molar-refractivity contribution is 0.0998. The second-order valence-electron chi connectivity index (χ2n) is 4.17. The maximum atomic E-state index is 5.97. The van der Waals surface area contributed by atoms with E-state index < -0.39 is 0 Å². The van der Waals surface area contributed by atoms with Gasteiger partial charge >= 0.3 is 0 Å². The van der Waals surface area contributed by atoms with E-state index in [1.165, 1.54) is 0 Å². The molecule has 0 spiro atoms. The molecule has 3 nitrogen and oxygen atoms in total. The summed E-state index contributed by atoms with van der Waals surface area (Å²) in [5.41, 5.74) is 0. The Kier molecular flexibility index (Phi) is 3.65. The Morgan fingerprint density at radius 2 is 2.47 bits per heavy atom. The Morgan fingerprint density at radius 3 is 3.27 bits per heavy atom. The molecule has 2 rings (SSSR count). The van der Waals surface area contributed by atoms with Crippen LogP contribution >= 0.6 is 11.6 Å². The number of alkyl halides is 1. The van der Waals surface area contributed by atoms with E-state index >= 15 is 0 Å². The molecule has 2 heterocycles. The monoisotopic (exact) mass is 228 g/mol. The van der Waals surface area contributed by atoms with Gasteiger partial charge in [0.05, 0.1) is 12.5 Å². The maximum absolute atomic E-state index is 5.97. The first-order valence-corrected chi connectivity index (χ1v) is 5.94. The van der Waals surface area contributed by atoms with Crippen molar-refractivity contribution >= 4 is 17.8 Å². The molecule has 0 aromatic heterocycles. The van der Waals surface area contributed by atoms with Crippen molar-refractivity contribution in [1.29, 1.82) is 0 Å². The van der Waals surface area contributed by atoms with E-state index in [2.05, 4.69) is 23.0 Å². The Hall–Kier alpha value is -0.540. The molecule has 15 heavy (non-hydrogen) atoms. The van der Waals surface area contributed by atoms with E-state index in [9.17, 15) is 0 Å². The van der Waals surface area contributed by atoms with E-state index in [1.54, 1.807) is 0 Å². The van der Waals surface area contributed by atoms with Crippen LogP contribution in [0.4, 0.5) is 0 Å². The fourth-order valence-corrected chi connectivity index (χ4v) is 2.33. The largest absolute Gasteiger partial charge is 0.493 e. The number of fused-ring (bicyclic) bond motifs is 1. The first-order valence-electron chi connectivity index (χ1n) is 5.40. The van der Waals surface area contributed by atoms with Crippen molar-refractivity contribution < 1.29 is 4.74 Å². The molecule has 2 atom stereocenters. The summed E-state index contributed by atoms with van der Waals surface area (Å²) in [5, 5.41) is 0. The van der Waals surface area contributed by atoms with E-state index in [0.717, 1.165) is 31.8 Å². The number of likely N-dealkylation sites (N-methyl/N-ethyl adjacent to an activating group) is 1. The van der Waals surface area contributed by atoms with E-state index in [4.69, 9.17) is 16.3 Å². The Labute approximate surface area is 95.8 Å². The minimum absolute atomic E-state index is 0.232. The van der Waals surface area contributed by atoms with Crippen molar-refractivity contribution in [2.24, 2.45) is 10.9 Å². The summed E-state index contributed by atoms with van der Waals surface area (Å²) in [7, 11) is 2.12. The topological polar surface area (TPSA) is 24.8 Å². The van der Waals surface area contributed by atoms with Crippen LogP contribution in [0.25, 0.3) is 0 Å². The second kappa shape index (κ2) is 4.99. The van der Waals surface area contributed by atoms with Gasteiger partial charge in [-0.25, -0.2) is 0 Å². The molecule has 1 saturated heterocycles. The van der Waals surface area contributed by atoms with Gasteiger partial charge in [-0.05, 0) is 19.5 Å². The van der Waals surface area contributed by atoms with Crippen LogP contribution in [0.15, 0.2) is 16.8 Å². The van der Waals surface area contributed by atoms with Crippen LogP contribution in [0, 0.1) is 5.92 Å². The zero-order chi connectivity index (χ0) is 10.7. The molecule has 0 aromatic carbocycles. The number of halogens is 1. The summed E-state index contributed by atoms with van der Waals surface area (Å²) in [6.45, 7) is 2.70. The van der Waals surface area contributed by atoms with Crippen molar-refractivity contribution in [3.8, 4) is 0 Å².